The third-order valence-electron chi connectivity index (χ3n) is 3.84. The number of rotatable bonds is 9. The normalized spacial score (nSPS) is 12.8. The molecule has 1 amide bonds. The summed E-state index contributed by atoms with van der Waals surface area (Å²) in [5, 5.41) is 7.87. The van der Waals surface area contributed by atoms with Crippen LogP contribution >= 0.6 is 0 Å². The van der Waals surface area contributed by atoms with E-state index in [4.69, 9.17) is 14.7 Å². The fourth-order valence-corrected chi connectivity index (χ4v) is 4.61. The highest BCUT2D eigenvalue weighted by atomic mass is 32.2. The Morgan fingerprint density at radius 2 is 1.83 bits per heavy atom. The van der Waals surface area contributed by atoms with Crippen LogP contribution in [0.5, 0.6) is 11.5 Å². The van der Waals surface area contributed by atoms with Crippen molar-refractivity contribution in [1.29, 1.82) is 0 Å². The Morgan fingerprint density at radius 1 is 1.21 bits per heavy atom. The van der Waals surface area contributed by atoms with Crippen molar-refractivity contribution in [2.45, 2.75) is 43.3 Å². The lowest BCUT2D eigenvalue weighted by Crippen LogP contribution is -2.28. The number of carbonyl (C=O) groups excluding carboxylic acids is 1. The number of hydrogen-bond donors (Lipinski definition) is 2. The second-order valence-corrected chi connectivity index (χ2v) is 7.94. The van der Waals surface area contributed by atoms with Crippen LogP contribution in [0.2, 0.25) is 0 Å². The fourth-order valence-electron chi connectivity index (χ4n) is 2.53. The molecule has 0 aliphatic carbocycles. The van der Waals surface area contributed by atoms with Gasteiger partial charge in [-0.3, -0.25) is 10.0 Å². The smallest absolute Gasteiger partial charge is 0.243 e. The molecule has 7 nitrogen and oxygen atoms in total. The van der Waals surface area contributed by atoms with Gasteiger partial charge in [0.1, 0.15) is 0 Å². The molecule has 1 aromatic rings. The monoisotopic (exact) mass is 359 g/mol. The molecule has 0 heterocycles. The number of hydrogen-bond acceptors (Lipinski definition) is 6. The highest BCUT2D eigenvalue weighted by Crippen LogP contribution is 2.33. The molecule has 0 bridgehead atoms. The van der Waals surface area contributed by atoms with Crippen LogP contribution in [0, 0.1) is 5.92 Å². The maximum atomic E-state index is 12.9. The Labute approximate surface area is 142 Å². The number of amides is 1. The number of nitrogens with one attached hydrogen (secondary N) is 1. The van der Waals surface area contributed by atoms with E-state index in [0.717, 1.165) is 0 Å². The van der Waals surface area contributed by atoms with Crippen LogP contribution in [0.25, 0.3) is 0 Å². The van der Waals surface area contributed by atoms with Crippen molar-refractivity contribution in [2.75, 3.05) is 14.2 Å². The molecule has 24 heavy (non-hydrogen) atoms. The SMILES string of the molecule is COc1ccc(S(=O)(=O)[C@@H](CCCC(=O)NO)C(C)C)cc1OC. The van der Waals surface area contributed by atoms with Crippen LogP contribution in [0.3, 0.4) is 0 Å². The van der Waals surface area contributed by atoms with Crippen molar-refractivity contribution in [3.8, 4) is 11.5 Å². The Bertz CT molecular complexity index is 657. The Hall–Kier alpha value is -1.80. The molecule has 1 rings (SSSR count). The number of ether oxygens (including phenoxy) is 2. The van der Waals surface area contributed by atoms with E-state index >= 15 is 0 Å². The molecule has 0 spiro atoms. The highest BCUT2D eigenvalue weighted by molar-refractivity contribution is 7.92. The zero-order valence-corrected chi connectivity index (χ0v) is 15.2. The van der Waals surface area contributed by atoms with Crippen LogP contribution in [-0.4, -0.2) is 39.0 Å². The van der Waals surface area contributed by atoms with E-state index in [0.29, 0.717) is 24.3 Å². The number of benzene rings is 1. The summed E-state index contributed by atoms with van der Waals surface area (Å²) in [6.45, 7) is 3.66. The topological polar surface area (TPSA) is 102 Å². The van der Waals surface area contributed by atoms with Crippen molar-refractivity contribution in [1.82, 2.24) is 5.48 Å². The quantitative estimate of drug-likeness (QED) is 0.517. The molecule has 0 aliphatic heterocycles. The number of carbonyl (C=O) groups is 1. The van der Waals surface area contributed by atoms with Gasteiger partial charge in [-0.2, -0.15) is 0 Å². The average molecular weight is 359 g/mol. The van der Waals surface area contributed by atoms with E-state index < -0.39 is 21.0 Å². The van der Waals surface area contributed by atoms with Crippen LogP contribution in [0.15, 0.2) is 23.1 Å². The molecular weight excluding hydrogens is 334 g/mol. The van der Waals surface area contributed by atoms with Gasteiger partial charge in [0.05, 0.1) is 24.4 Å². The van der Waals surface area contributed by atoms with Crippen molar-refractivity contribution in [3.05, 3.63) is 18.2 Å². The van der Waals surface area contributed by atoms with Gasteiger partial charge in [0.25, 0.3) is 0 Å². The predicted molar refractivity (Wildman–Crippen MR) is 89.1 cm³/mol. The molecule has 0 aliphatic rings. The molecule has 1 atom stereocenters. The molecule has 0 aromatic heterocycles. The Kier molecular flexibility index (Phi) is 7.50. The Morgan fingerprint density at radius 3 is 2.33 bits per heavy atom. The molecule has 0 saturated carbocycles. The lowest BCUT2D eigenvalue weighted by molar-refractivity contribution is -0.129. The van der Waals surface area contributed by atoms with Gasteiger partial charge in [-0.05, 0) is 30.9 Å². The summed E-state index contributed by atoms with van der Waals surface area (Å²) in [4.78, 5) is 11.3. The van der Waals surface area contributed by atoms with Gasteiger partial charge in [-0.15, -0.1) is 0 Å². The van der Waals surface area contributed by atoms with Crippen molar-refractivity contribution in [3.63, 3.8) is 0 Å². The lowest BCUT2D eigenvalue weighted by Gasteiger charge is -2.22. The van der Waals surface area contributed by atoms with E-state index in [9.17, 15) is 13.2 Å². The van der Waals surface area contributed by atoms with E-state index in [2.05, 4.69) is 0 Å². The Balaban J connectivity index is 3.06. The second kappa shape index (κ2) is 8.89. The predicted octanol–water partition coefficient (Wildman–Crippen LogP) is 2.18. The van der Waals surface area contributed by atoms with Gasteiger partial charge < -0.3 is 9.47 Å². The molecule has 2 N–H and O–H groups in total. The summed E-state index contributed by atoms with van der Waals surface area (Å²) in [7, 11) is -0.665. The van der Waals surface area contributed by atoms with E-state index in [-0.39, 0.29) is 17.2 Å². The first kappa shape index (κ1) is 20.2. The molecular formula is C16H25NO6S. The molecule has 136 valence electrons. The first-order chi connectivity index (χ1) is 11.3. The molecule has 1 aromatic carbocycles. The summed E-state index contributed by atoms with van der Waals surface area (Å²) in [6, 6.07) is 4.50. The average Bonchev–Trinajstić information content (AvgIpc) is 2.56. The summed E-state index contributed by atoms with van der Waals surface area (Å²) >= 11 is 0. The minimum Gasteiger partial charge on any atom is -0.493 e. The van der Waals surface area contributed by atoms with Crippen LogP contribution in [0.4, 0.5) is 0 Å². The first-order valence-corrected chi connectivity index (χ1v) is 9.21. The number of sulfone groups is 1. The van der Waals surface area contributed by atoms with Crippen molar-refractivity contribution < 1.29 is 27.9 Å². The van der Waals surface area contributed by atoms with Gasteiger partial charge in [-0.25, -0.2) is 13.9 Å². The van der Waals surface area contributed by atoms with Crippen LogP contribution < -0.4 is 15.0 Å². The van der Waals surface area contributed by atoms with Gasteiger partial charge in [0.15, 0.2) is 21.3 Å². The molecule has 0 radical (unpaired) electrons. The van der Waals surface area contributed by atoms with E-state index in [1.165, 1.54) is 26.4 Å². The van der Waals surface area contributed by atoms with E-state index in [1.807, 2.05) is 13.8 Å². The van der Waals surface area contributed by atoms with Gasteiger partial charge in [-0.1, -0.05) is 13.8 Å². The summed E-state index contributed by atoms with van der Waals surface area (Å²) in [5.74, 6) is 0.152. The van der Waals surface area contributed by atoms with Crippen molar-refractivity contribution in [2.24, 2.45) is 5.92 Å². The second-order valence-electron chi connectivity index (χ2n) is 5.77. The standard InChI is InChI=1S/C16H25NO6S/c1-11(2)15(6-5-7-16(18)17-19)24(20,21)12-8-9-13(22-3)14(10-12)23-4/h8-11,15,19H,5-7H2,1-4H3,(H,17,18)/t15-/m0/s1. The number of hydroxylamine groups is 1. The maximum absolute atomic E-state index is 12.9. The summed E-state index contributed by atoms with van der Waals surface area (Å²) in [5.41, 5.74) is 1.55. The highest BCUT2D eigenvalue weighted by Gasteiger charge is 2.30. The lowest BCUT2D eigenvalue weighted by atomic mass is 10.0. The summed E-state index contributed by atoms with van der Waals surface area (Å²) in [6.07, 6.45) is 0.755. The minimum absolute atomic E-state index is 0.0706. The van der Waals surface area contributed by atoms with E-state index in [1.54, 1.807) is 11.5 Å². The number of methoxy groups -OCH3 is 2. The zero-order valence-electron chi connectivity index (χ0n) is 14.4. The largest absolute Gasteiger partial charge is 0.493 e. The maximum Gasteiger partial charge on any atom is 0.243 e. The molecule has 8 heteroatoms. The zero-order chi connectivity index (χ0) is 18.3. The third kappa shape index (κ3) is 4.85. The molecule has 0 fully saturated rings. The summed E-state index contributed by atoms with van der Waals surface area (Å²) < 4.78 is 36.2. The molecule has 0 unspecified atom stereocenters. The van der Waals surface area contributed by atoms with Gasteiger partial charge >= 0.3 is 0 Å². The molecule has 0 saturated heterocycles. The minimum atomic E-state index is -3.59. The van der Waals surface area contributed by atoms with Crippen LogP contribution in [0.1, 0.15) is 33.1 Å². The fraction of sp³-hybridized carbons (Fsp3) is 0.562. The third-order valence-corrected chi connectivity index (χ3v) is 6.33. The van der Waals surface area contributed by atoms with Crippen molar-refractivity contribution >= 4 is 15.7 Å². The first-order valence-electron chi connectivity index (χ1n) is 7.66. The van der Waals surface area contributed by atoms with Gasteiger partial charge in [0, 0.05) is 12.5 Å². The van der Waals surface area contributed by atoms with Crippen LogP contribution in [-0.2, 0) is 14.6 Å². The van der Waals surface area contributed by atoms with Gasteiger partial charge in [0.2, 0.25) is 5.91 Å².